The van der Waals surface area contributed by atoms with Crippen LogP contribution >= 0.6 is 0 Å². The zero-order valence-corrected chi connectivity index (χ0v) is 14.9. The van der Waals surface area contributed by atoms with Crippen molar-refractivity contribution in [1.82, 2.24) is 10.6 Å². The fourth-order valence-electron chi connectivity index (χ4n) is 4.11. The molecule has 1 heterocycles. The van der Waals surface area contributed by atoms with Gasteiger partial charge in [0, 0.05) is 5.92 Å². The molecule has 3 rings (SSSR count). The van der Waals surface area contributed by atoms with E-state index in [1.54, 1.807) is 0 Å². The van der Waals surface area contributed by atoms with Gasteiger partial charge < -0.3 is 10.6 Å². The third-order valence-corrected chi connectivity index (χ3v) is 5.76. The monoisotopic (exact) mass is 314 g/mol. The van der Waals surface area contributed by atoms with Crippen LogP contribution < -0.4 is 10.6 Å². The number of carbonyl (C=O) groups is 1. The van der Waals surface area contributed by atoms with Crippen molar-refractivity contribution in [2.45, 2.75) is 53.0 Å². The first-order chi connectivity index (χ1) is 10.8. The molecule has 3 heteroatoms. The van der Waals surface area contributed by atoms with E-state index in [9.17, 15) is 4.79 Å². The molecule has 0 aromatic heterocycles. The summed E-state index contributed by atoms with van der Waals surface area (Å²) in [4.78, 5) is 12.9. The molecular formula is C20H30N2O. The van der Waals surface area contributed by atoms with E-state index < -0.39 is 0 Å². The molecule has 2 N–H and O–H groups in total. The Bertz CT molecular complexity index is 582. The molecule has 0 radical (unpaired) electrons. The van der Waals surface area contributed by atoms with Gasteiger partial charge in [-0.25, -0.2) is 0 Å². The number of hydrogen-bond acceptors (Lipinski definition) is 2. The fourth-order valence-corrected chi connectivity index (χ4v) is 4.11. The minimum atomic E-state index is -0.00204. The van der Waals surface area contributed by atoms with Crippen molar-refractivity contribution in [1.29, 1.82) is 0 Å². The van der Waals surface area contributed by atoms with Crippen LogP contribution in [0.25, 0.3) is 0 Å². The molecule has 1 aliphatic carbocycles. The van der Waals surface area contributed by atoms with Gasteiger partial charge >= 0.3 is 0 Å². The predicted molar refractivity (Wildman–Crippen MR) is 94.2 cm³/mol. The van der Waals surface area contributed by atoms with Gasteiger partial charge in [0.05, 0.1) is 6.04 Å². The molecular weight excluding hydrogens is 284 g/mol. The number of rotatable bonds is 3. The van der Waals surface area contributed by atoms with Gasteiger partial charge in [0.25, 0.3) is 0 Å². The summed E-state index contributed by atoms with van der Waals surface area (Å²) in [6.45, 7) is 10.9. The van der Waals surface area contributed by atoms with Crippen LogP contribution in [0.3, 0.4) is 0 Å². The number of piperidine rings is 1. The van der Waals surface area contributed by atoms with Crippen LogP contribution in [0.15, 0.2) is 24.3 Å². The number of amides is 1. The third-order valence-electron chi connectivity index (χ3n) is 5.76. The molecule has 2 aliphatic rings. The number of aryl methyl sites for hydroxylation is 1. The largest absolute Gasteiger partial charge is 0.349 e. The van der Waals surface area contributed by atoms with Gasteiger partial charge in [-0.3, -0.25) is 4.79 Å². The summed E-state index contributed by atoms with van der Waals surface area (Å²) in [5.74, 6) is 0.480. The van der Waals surface area contributed by atoms with Crippen LogP contribution in [-0.4, -0.2) is 19.0 Å². The molecule has 1 aromatic carbocycles. The minimum absolute atomic E-state index is 0.00204. The Morgan fingerprint density at radius 2 is 1.91 bits per heavy atom. The SMILES string of the molecule is Cc1ccccc1C(NC(=O)C1CC12CCNCC2)C(C)(C)C. The first kappa shape index (κ1) is 16.5. The molecule has 1 saturated heterocycles. The molecule has 2 fully saturated rings. The summed E-state index contributed by atoms with van der Waals surface area (Å²) in [6, 6.07) is 8.48. The highest BCUT2D eigenvalue weighted by atomic mass is 16.2. The van der Waals surface area contributed by atoms with E-state index in [1.165, 1.54) is 11.1 Å². The summed E-state index contributed by atoms with van der Waals surface area (Å²) in [5.41, 5.74) is 2.79. The van der Waals surface area contributed by atoms with E-state index in [2.05, 4.69) is 62.6 Å². The van der Waals surface area contributed by atoms with Crippen LogP contribution in [0, 0.1) is 23.7 Å². The molecule has 23 heavy (non-hydrogen) atoms. The van der Waals surface area contributed by atoms with Crippen LogP contribution in [0.4, 0.5) is 0 Å². The average molecular weight is 314 g/mol. The standard InChI is InChI=1S/C20H30N2O/c1-14-7-5-6-8-15(14)17(19(2,3)4)22-18(23)16-13-20(16)9-11-21-12-10-20/h5-8,16-17,21H,9-13H2,1-4H3,(H,22,23). The number of hydrogen-bond donors (Lipinski definition) is 2. The number of carbonyl (C=O) groups excluding carboxylic acids is 1. The Labute approximate surface area is 140 Å². The zero-order valence-electron chi connectivity index (χ0n) is 14.9. The molecule has 1 aromatic rings. The smallest absolute Gasteiger partial charge is 0.224 e. The topological polar surface area (TPSA) is 41.1 Å². The molecule has 1 spiro atoms. The molecule has 1 saturated carbocycles. The summed E-state index contributed by atoms with van der Waals surface area (Å²) in [5, 5.41) is 6.79. The number of benzene rings is 1. The molecule has 1 amide bonds. The maximum atomic E-state index is 12.9. The van der Waals surface area contributed by atoms with Crippen LogP contribution in [-0.2, 0) is 4.79 Å². The minimum Gasteiger partial charge on any atom is -0.349 e. The van der Waals surface area contributed by atoms with Crippen molar-refractivity contribution < 1.29 is 4.79 Å². The van der Waals surface area contributed by atoms with Crippen molar-refractivity contribution in [2.24, 2.45) is 16.7 Å². The normalized spacial score (nSPS) is 24.3. The van der Waals surface area contributed by atoms with E-state index in [-0.39, 0.29) is 23.3 Å². The van der Waals surface area contributed by atoms with Gasteiger partial charge in [0.2, 0.25) is 5.91 Å². The summed E-state index contributed by atoms with van der Waals surface area (Å²) >= 11 is 0. The predicted octanol–water partition coefficient (Wildman–Crippen LogP) is 3.59. The highest BCUT2D eigenvalue weighted by Crippen LogP contribution is 2.58. The Hall–Kier alpha value is -1.35. The molecule has 126 valence electrons. The first-order valence-electron chi connectivity index (χ1n) is 8.90. The number of nitrogens with one attached hydrogen (secondary N) is 2. The van der Waals surface area contributed by atoms with Crippen LogP contribution in [0.1, 0.15) is 57.2 Å². The van der Waals surface area contributed by atoms with Gasteiger partial charge in [-0.1, -0.05) is 45.0 Å². The van der Waals surface area contributed by atoms with Gasteiger partial charge in [-0.05, 0) is 61.2 Å². The lowest BCUT2D eigenvalue weighted by molar-refractivity contribution is -0.124. The Morgan fingerprint density at radius 1 is 1.26 bits per heavy atom. The van der Waals surface area contributed by atoms with Crippen LogP contribution in [0.2, 0.25) is 0 Å². The van der Waals surface area contributed by atoms with E-state index in [4.69, 9.17) is 0 Å². The molecule has 1 aliphatic heterocycles. The lowest BCUT2D eigenvalue weighted by Gasteiger charge is -2.33. The van der Waals surface area contributed by atoms with E-state index in [0.29, 0.717) is 5.41 Å². The summed E-state index contributed by atoms with van der Waals surface area (Å²) in [6.07, 6.45) is 3.37. The van der Waals surface area contributed by atoms with Gasteiger partial charge in [0.15, 0.2) is 0 Å². The Kier molecular flexibility index (Phi) is 4.26. The lowest BCUT2D eigenvalue weighted by Crippen LogP contribution is -2.39. The second-order valence-electron chi connectivity index (χ2n) is 8.53. The zero-order chi connectivity index (χ0) is 16.7. The van der Waals surface area contributed by atoms with Gasteiger partial charge in [-0.15, -0.1) is 0 Å². The highest BCUT2D eigenvalue weighted by Gasteiger charge is 2.58. The van der Waals surface area contributed by atoms with Crippen molar-refractivity contribution >= 4 is 5.91 Å². The highest BCUT2D eigenvalue weighted by molar-refractivity contribution is 5.83. The average Bonchev–Trinajstić information content (AvgIpc) is 3.18. The maximum absolute atomic E-state index is 12.9. The van der Waals surface area contributed by atoms with Gasteiger partial charge in [0.1, 0.15) is 0 Å². The maximum Gasteiger partial charge on any atom is 0.224 e. The van der Waals surface area contributed by atoms with E-state index >= 15 is 0 Å². The molecule has 2 unspecified atom stereocenters. The fraction of sp³-hybridized carbons (Fsp3) is 0.650. The summed E-state index contributed by atoms with van der Waals surface area (Å²) in [7, 11) is 0. The first-order valence-corrected chi connectivity index (χ1v) is 8.90. The quantitative estimate of drug-likeness (QED) is 0.895. The molecule has 2 atom stereocenters. The molecule has 3 nitrogen and oxygen atoms in total. The lowest BCUT2D eigenvalue weighted by atomic mass is 9.80. The molecule has 0 bridgehead atoms. The van der Waals surface area contributed by atoms with Crippen molar-refractivity contribution in [3.8, 4) is 0 Å². The van der Waals surface area contributed by atoms with Crippen molar-refractivity contribution in [3.05, 3.63) is 35.4 Å². The van der Waals surface area contributed by atoms with E-state index in [1.807, 2.05) is 0 Å². The Morgan fingerprint density at radius 3 is 2.52 bits per heavy atom. The van der Waals surface area contributed by atoms with Crippen molar-refractivity contribution in [3.63, 3.8) is 0 Å². The van der Waals surface area contributed by atoms with Crippen LogP contribution in [0.5, 0.6) is 0 Å². The van der Waals surface area contributed by atoms with Gasteiger partial charge in [-0.2, -0.15) is 0 Å². The Balaban J connectivity index is 1.75. The van der Waals surface area contributed by atoms with Crippen molar-refractivity contribution in [2.75, 3.05) is 13.1 Å². The second-order valence-corrected chi connectivity index (χ2v) is 8.53. The van der Waals surface area contributed by atoms with E-state index in [0.717, 1.165) is 32.4 Å². The second kappa shape index (κ2) is 5.94. The third kappa shape index (κ3) is 3.30. The summed E-state index contributed by atoms with van der Waals surface area (Å²) < 4.78 is 0.